The maximum atomic E-state index is 12.1. The Morgan fingerprint density at radius 3 is 2.50 bits per heavy atom. The third-order valence-electron chi connectivity index (χ3n) is 2.43. The SMILES string of the molecule is CCN(CC(=O)N(C)C)C(=O)c1cccc(Cl)n1. The zero-order chi connectivity index (χ0) is 13.7. The molecule has 0 N–H and O–H groups in total. The molecule has 0 saturated carbocycles. The van der Waals surface area contributed by atoms with Crippen LogP contribution in [0.3, 0.4) is 0 Å². The van der Waals surface area contributed by atoms with Crippen molar-refractivity contribution in [3.63, 3.8) is 0 Å². The molecular formula is C12H16ClN3O2. The third kappa shape index (κ3) is 3.70. The second kappa shape index (κ2) is 6.35. The van der Waals surface area contributed by atoms with Gasteiger partial charge in [0.25, 0.3) is 5.91 Å². The van der Waals surface area contributed by atoms with Crippen LogP contribution in [0.25, 0.3) is 0 Å². The van der Waals surface area contributed by atoms with E-state index in [9.17, 15) is 9.59 Å². The lowest BCUT2D eigenvalue weighted by Crippen LogP contribution is -2.40. The monoisotopic (exact) mass is 269 g/mol. The molecule has 1 aromatic heterocycles. The molecule has 0 aliphatic carbocycles. The van der Waals surface area contributed by atoms with E-state index < -0.39 is 0 Å². The van der Waals surface area contributed by atoms with Crippen molar-refractivity contribution < 1.29 is 9.59 Å². The van der Waals surface area contributed by atoms with E-state index in [0.29, 0.717) is 6.54 Å². The Bertz CT molecular complexity index is 449. The van der Waals surface area contributed by atoms with Crippen molar-refractivity contribution in [3.05, 3.63) is 29.0 Å². The van der Waals surface area contributed by atoms with Gasteiger partial charge in [0.05, 0.1) is 0 Å². The van der Waals surface area contributed by atoms with Crippen molar-refractivity contribution in [3.8, 4) is 0 Å². The van der Waals surface area contributed by atoms with E-state index in [0.717, 1.165) is 0 Å². The van der Waals surface area contributed by atoms with Gasteiger partial charge in [-0.2, -0.15) is 0 Å². The molecule has 1 rings (SSSR count). The van der Waals surface area contributed by atoms with Crippen molar-refractivity contribution in [2.24, 2.45) is 0 Å². The molecule has 1 aromatic rings. The topological polar surface area (TPSA) is 53.5 Å². The van der Waals surface area contributed by atoms with Crippen LogP contribution in [0.1, 0.15) is 17.4 Å². The normalized spacial score (nSPS) is 10.0. The smallest absolute Gasteiger partial charge is 0.272 e. The number of amides is 2. The van der Waals surface area contributed by atoms with Gasteiger partial charge in [-0.05, 0) is 19.1 Å². The van der Waals surface area contributed by atoms with Gasteiger partial charge < -0.3 is 9.80 Å². The minimum Gasteiger partial charge on any atom is -0.347 e. The van der Waals surface area contributed by atoms with Gasteiger partial charge in [-0.15, -0.1) is 0 Å². The maximum absolute atomic E-state index is 12.1. The summed E-state index contributed by atoms with van der Waals surface area (Å²) < 4.78 is 0. The summed E-state index contributed by atoms with van der Waals surface area (Å²) in [5.74, 6) is -0.428. The van der Waals surface area contributed by atoms with Crippen molar-refractivity contribution in [1.29, 1.82) is 0 Å². The largest absolute Gasteiger partial charge is 0.347 e. The van der Waals surface area contributed by atoms with Crippen LogP contribution < -0.4 is 0 Å². The van der Waals surface area contributed by atoms with E-state index in [-0.39, 0.29) is 29.2 Å². The Labute approximate surface area is 111 Å². The summed E-state index contributed by atoms with van der Waals surface area (Å²) in [5.41, 5.74) is 0.246. The number of pyridine rings is 1. The molecule has 0 saturated heterocycles. The molecule has 98 valence electrons. The molecule has 0 aliphatic heterocycles. The molecule has 0 atom stereocenters. The van der Waals surface area contributed by atoms with Gasteiger partial charge in [0.15, 0.2) is 0 Å². The van der Waals surface area contributed by atoms with Crippen molar-refractivity contribution >= 4 is 23.4 Å². The minimum absolute atomic E-state index is 0.0382. The maximum Gasteiger partial charge on any atom is 0.272 e. The number of rotatable bonds is 4. The average Bonchev–Trinajstić information content (AvgIpc) is 2.34. The van der Waals surface area contributed by atoms with Crippen LogP contribution >= 0.6 is 11.6 Å². The van der Waals surface area contributed by atoms with Crippen molar-refractivity contribution in [1.82, 2.24) is 14.8 Å². The molecule has 0 spiro atoms. The highest BCUT2D eigenvalue weighted by atomic mass is 35.5. The quantitative estimate of drug-likeness (QED) is 0.774. The van der Waals surface area contributed by atoms with Crippen LogP contribution in [0.4, 0.5) is 0 Å². The number of halogens is 1. The lowest BCUT2D eigenvalue weighted by Gasteiger charge is -2.21. The Hall–Kier alpha value is -1.62. The fourth-order valence-corrected chi connectivity index (χ4v) is 1.49. The molecule has 1 heterocycles. The molecule has 6 heteroatoms. The fraction of sp³-hybridized carbons (Fsp3) is 0.417. The second-order valence-electron chi connectivity index (χ2n) is 3.95. The standard InChI is InChI=1S/C12H16ClN3O2/c1-4-16(8-11(17)15(2)3)12(18)9-6-5-7-10(13)14-9/h5-7H,4,8H2,1-3H3. The first kappa shape index (κ1) is 14.4. The summed E-state index contributed by atoms with van der Waals surface area (Å²) in [6, 6.07) is 4.83. The van der Waals surface area contributed by atoms with Gasteiger partial charge in [0.1, 0.15) is 17.4 Å². The summed E-state index contributed by atoms with van der Waals surface area (Å²) in [6.45, 7) is 2.29. The summed E-state index contributed by atoms with van der Waals surface area (Å²) in [5, 5.41) is 0.260. The predicted octanol–water partition coefficient (Wildman–Crippen LogP) is 1.29. The van der Waals surface area contributed by atoms with E-state index >= 15 is 0 Å². The lowest BCUT2D eigenvalue weighted by atomic mass is 10.3. The molecule has 0 aliphatic rings. The summed E-state index contributed by atoms with van der Waals surface area (Å²) in [4.78, 5) is 30.5. The number of hydrogen-bond acceptors (Lipinski definition) is 3. The first-order valence-electron chi connectivity index (χ1n) is 5.57. The molecule has 2 amide bonds. The molecular weight excluding hydrogens is 254 g/mol. The summed E-state index contributed by atoms with van der Waals surface area (Å²) in [7, 11) is 3.30. The van der Waals surface area contributed by atoms with E-state index in [1.54, 1.807) is 32.3 Å². The zero-order valence-corrected chi connectivity index (χ0v) is 11.4. The van der Waals surface area contributed by atoms with Crippen LogP contribution in [0.2, 0.25) is 5.15 Å². The molecule has 18 heavy (non-hydrogen) atoms. The Morgan fingerprint density at radius 1 is 1.33 bits per heavy atom. The summed E-state index contributed by atoms with van der Waals surface area (Å²) >= 11 is 5.74. The molecule has 0 unspecified atom stereocenters. The number of aromatic nitrogens is 1. The van der Waals surface area contributed by atoms with Gasteiger partial charge >= 0.3 is 0 Å². The number of likely N-dealkylation sites (N-methyl/N-ethyl adjacent to an activating group) is 2. The number of hydrogen-bond donors (Lipinski definition) is 0. The molecule has 0 bridgehead atoms. The highest BCUT2D eigenvalue weighted by molar-refractivity contribution is 6.29. The molecule has 0 radical (unpaired) electrons. The van der Waals surface area contributed by atoms with E-state index in [1.807, 2.05) is 6.92 Å². The van der Waals surface area contributed by atoms with E-state index in [1.165, 1.54) is 9.80 Å². The molecule has 5 nitrogen and oxygen atoms in total. The van der Waals surface area contributed by atoms with Gasteiger partial charge in [0, 0.05) is 20.6 Å². The van der Waals surface area contributed by atoms with Crippen LogP contribution in [0, 0.1) is 0 Å². The van der Waals surface area contributed by atoms with Crippen LogP contribution in [0.15, 0.2) is 18.2 Å². The van der Waals surface area contributed by atoms with Gasteiger partial charge in [-0.3, -0.25) is 9.59 Å². The minimum atomic E-state index is -0.296. The van der Waals surface area contributed by atoms with Gasteiger partial charge in [-0.25, -0.2) is 4.98 Å². The Balaban J connectivity index is 2.83. The van der Waals surface area contributed by atoms with Crippen LogP contribution in [-0.4, -0.2) is 53.8 Å². The van der Waals surface area contributed by atoms with Crippen LogP contribution in [-0.2, 0) is 4.79 Å². The lowest BCUT2D eigenvalue weighted by molar-refractivity contribution is -0.129. The highest BCUT2D eigenvalue weighted by Crippen LogP contribution is 2.08. The second-order valence-corrected chi connectivity index (χ2v) is 4.34. The zero-order valence-electron chi connectivity index (χ0n) is 10.7. The number of carbonyl (C=O) groups excluding carboxylic acids is 2. The molecule has 0 aromatic carbocycles. The summed E-state index contributed by atoms with van der Waals surface area (Å²) in [6.07, 6.45) is 0. The first-order chi connectivity index (χ1) is 8.45. The van der Waals surface area contributed by atoms with Crippen molar-refractivity contribution in [2.45, 2.75) is 6.92 Å². The highest BCUT2D eigenvalue weighted by Gasteiger charge is 2.19. The van der Waals surface area contributed by atoms with Crippen molar-refractivity contribution in [2.75, 3.05) is 27.2 Å². The van der Waals surface area contributed by atoms with Gasteiger partial charge in [0.2, 0.25) is 5.91 Å². The Kier molecular flexibility index (Phi) is 5.09. The average molecular weight is 270 g/mol. The predicted molar refractivity (Wildman–Crippen MR) is 69.5 cm³/mol. The Morgan fingerprint density at radius 2 is 2.00 bits per heavy atom. The van der Waals surface area contributed by atoms with E-state index in [4.69, 9.17) is 11.6 Å². The van der Waals surface area contributed by atoms with Crippen LogP contribution in [0.5, 0.6) is 0 Å². The molecule has 0 fully saturated rings. The van der Waals surface area contributed by atoms with Gasteiger partial charge in [-0.1, -0.05) is 17.7 Å². The first-order valence-corrected chi connectivity index (χ1v) is 5.95. The number of carbonyl (C=O) groups is 2. The van der Waals surface area contributed by atoms with E-state index in [2.05, 4.69) is 4.98 Å². The third-order valence-corrected chi connectivity index (χ3v) is 2.64. The fourth-order valence-electron chi connectivity index (χ4n) is 1.32. The number of nitrogens with zero attached hydrogens (tertiary/aromatic N) is 3.